The van der Waals surface area contributed by atoms with Gasteiger partial charge in [-0.2, -0.15) is 0 Å². The highest BCUT2D eigenvalue weighted by molar-refractivity contribution is 5.79. The van der Waals surface area contributed by atoms with Crippen molar-refractivity contribution in [3.05, 3.63) is 36.3 Å². The van der Waals surface area contributed by atoms with Gasteiger partial charge in [-0.05, 0) is 25.0 Å². The lowest BCUT2D eigenvalue weighted by Gasteiger charge is -2.13. The monoisotopic (exact) mass is 245 g/mol. The van der Waals surface area contributed by atoms with E-state index in [4.69, 9.17) is 5.11 Å². The van der Waals surface area contributed by atoms with Gasteiger partial charge in [-0.3, -0.25) is 4.79 Å². The molecule has 2 heterocycles. The summed E-state index contributed by atoms with van der Waals surface area (Å²) in [5.41, 5.74) is 1.23. The fourth-order valence-electron chi connectivity index (χ4n) is 2.05. The number of nitrogens with one attached hydrogen (secondary N) is 1. The van der Waals surface area contributed by atoms with E-state index in [1.54, 1.807) is 0 Å². The molecule has 1 aliphatic carbocycles. The predicted molar refractivity (Wildman–Crippen MR) is 66.1 cm³/mol. The molecule has 2 N–H and O–H groups in total. The van der Waals surface area contributed by atoms with E-state index in [0.29, 0.717) is 0 Å². The van der Waals surface area contributed by atoms with Crippen LogP contribution in [-0.4, -0.2) is 32.5 Å². The zero-order valence-electron chi connectivity index (χ0n) is 9.97. The molecular weight excluding hydrogens is 230 g/mol. The summed E-state index contributed by atoms with van der Waals surface area (Å²) in [7, 11) is 0. The number of aliphatic hydroxyl groups is 1. The number of nitrogens with zero attached hydrogens (tertiary/aromatic N) is 2. The van der Waals surface area contributed by atoms with Crippen LogP contribution in [0.25, 0.3) is 5.65 Å². The molecule has 18 heavy (non-hydrogen) atoms. The van der Waals surface area contributed by atoms with Gasteiger partial charge in [-0.25, -0.2) is 4.98 Å². The van der Waals surface area contributed by atoms with Gasteiger partial charge in [0.05, 0.1) is 24.3 Å². The Morgan fingerprint density at radius 1 is 1.50 bits per heavy atom. The van der Waals surface area contributed by atoms with Crippen molar-refractivity contribution < 1.29 is 9.90 Å². The van der Waals surface area contributed by atoms with Gasteiger partial charge in [0.1, 0.15) is 5.65 Å². The maximum absolute atomic E-state index is 11.8. The Labute approximate surface area is 104 Å². The molecular formula is C13H15N3O2. The van der Waals surface area contributed by atoms with Gasteiger partial charge in [-0.1, -0.05) is 6.07 Å². The lowest BCUT2D eigenvalue weighted by molar-refractivity contribution is -0.121. The summed E-state index contributed by atoms with van der Waals surface area (Å²) in [6.45, 7) is 0.0178. The number of hydrogen-bond acceptors (Lipinski definition) is 3. The van der Waals surface area contributed by atoms with Crippen LogP contribution < -0.4 is 5.32 Å². The van der Waals surface area contributed by atoms with E-state index in [0.717, 1.165) is 24.2 Å². The van der Waals surface area contributed by atoms with E-state index >= 15 is 0 Å². The Kier molecular flexibility index (Phi) is 2.56. The van der Waals surface area contributed by atoms with Crippen molar-refractivity contribution in [3.8, 4) is 0 Å². The van der Waals surface area contributed by atoms with Crippen molar-refractivity contribution in [3.63, 3.8) is 0 Å². The standard InChI is InChI=1S/C13H15N3O2/c17-9-13(4-5-13)15-12(18)7-10-8-16-6-2-1-3-11(16)14-10/h1-3,6,8,17H,4-5,7,9H2,(H,15,18). The molecule has 0 unspecified atom stereocenters. The number of amides is 1. The molecule has 3 rings (SSSR count). The third-order valence-electron chi connectivity index (χ3n) is 3.32. The minimum absolute atomic E-state index is 0.0178. The molecule has 0 spiro atoms. The van der Waals surface area contributed by atoms with Crippen molar-refractivity contribution in [1.29, 1.82) is 0 Å². The number of fused-ring (bicyclic) bond motifs is 1. The van der Waals surface area contributed by atoms with Crippen LogP contribution in [-0.2, 0) is 11.2 Å². The molecule has 0 atom stereocenters. The van der Waals surface area contributed by atoms with Gasteiger partial charge in [0, 0.05) is 12.4 Å². The first-order valence-electron chi connectivity index (χ1n) is 6.05. The van der Waals surface area contributed by atoms with Crippen molar-refractivity contribution in [2.75, 3.05) is 6.61 Å². The fraction of sp³-hybridized carbons (Fsp3) is 0.385. The van der Waals surface area contributed by atoms with Crippen LogP contribution in [0.4, 0.5) is 0 Å². The van der Waals surface area contributed by atoms with Gasteiger partial charge < -0.3 is 14.8 Å². The highest BCUT2D eigenvalue weighted by Gasteiger charge is 2.43. The van der Waals surface area contributed by atoms with Gasteiger partial charge in [0.15, 0.2) is 0 Å². The zero-order valence-corrected chi connectivity index (χ0v) is 9.97. The molecule has 94 valence electrons. The van der Waals surface area contributed by atoms with Gasteiger partial charge in [-0.15, -0.1) is 0 Å². The molecule has 0 bridgehead atoms. The number of pyridine rings is 1. The van der Waals surface area contributed by atoms with Gasteiger partial charge in [0.2, 0.25) is 5.91 Å². The molecule has 0 radical (unpaired) electrons. The van der Waals surface area contributed by atoms with Crippen LogP contribution in [0.15, 0.2) is 30.6 Å². The molecule has 1 amide bonds. The number of aromatic nitrogens is 2. The zero-order chi connectivity index (χ0) is 12.6. The Morgan fingerprint density at radius 2 is 2.33 bits per heavy atom. The largest absolute Gasteiger partial charge is 0.394 e. The minimum atomic E-state index is -0.351. The summed E-state index contributed by atoms with van der Waals surface area (Å²) in [5.74, 6) is -0.0787. The van der Waals surface area contributed by atoms with Gasteiger partial charge >= 0.3 is 0 Å². The summed E-state index contributed by atoms with van der Waals surface area (Å²) in [6.07, 6.45) is 5.73. The quantitative estimate of drug-likeness (QED) is 0.825. The average molecular weight is 245 g/mol. The third-order valence-corrected chi connectivity index (χ3v) is 3.32. The normalized spacial score (nSPS) is 16.7. The Morgan fingerprint density at radius 3 is 3.00 bits per heavy atom. The van der Waals surface area contributed by atoms with Crippen LogP contribution in [0.3, 0.4) is 0 Å². The second-order valence-electron chi connectivity index (χ2n) is 4.86. The fourth-order valence-corrected chi connectivity index (χ4v) is 2.05. The second-order valence-corrected chi connectivity index (χ2v) is 4.86. The minimum Gasteiger partial charge on any atom is -0.394 e. The first-order chi connectivity index (χ1) is 8.71. The maximum atomic E-state index is 11.8. The topological polar surface area (TPSA) is 66.6 Å². The first kappa shape index (κ1) is 11.2. The van der Waals surface area contributed by atoms with Crippen LogP contribution in [0, 0.1) is 0 Å². The molecule has 0 aliphatic heterocycles. The third kappa shape index (κ3) is 2.09. The highest BCUT2D eigenvalue weighted by Crippen LogP contribution is 2.34. The average Bonchev–Trinajstić information content (AvgIpc) is 3.01. The number of rotatable bonds is 4. The summed E-state index contributed by atoms with van der Waals surface area (Å²) < 4.78 is 1.89. The van der Waals surface area contributed by atoms with E-state index in [2.05, 4.69) is 10.3 Å². The van der Waals surface area contributed by atoms with Crippen molar-refractivity contribution >= 4 is 11.6 Å². The maximum Gasteiger partial charge on any atom is 0.226 e. The van der Waals surface area contributed by atoms with Gasteiger partial charge in [0.25, 0.3) is 0 Å². The number of hydrogen-bond donors (Lipinski definition) is 2. The summed E-state index contributed by atoms with van der Waals surface area (Å²) in [6, 6.07) is 5.73. The first-order valence-corrected chi connectivity index (χ1v) is 6.05. The van der Waals surface area contributed by atoms with Crippen LogP contribution in [0.5, 0.6) is 0 Å². The van der Waals surface area contributed by atoms with Crippen LogP contribution >= 0.6 is 0 Å². The van der Waals surface area contributed by atoms with E-state index in [-0.39, 0.29) is 24.5 Å². The van der Waals surface area contributed by atoms with Crippen LogP contribution in [0.2, 0.25) is 0 Å². The lowest BCUT2D eigenvalue weighted by Crippen LogP contribution is -2.40. The molecule has 2 aromatic rings. The van der Waals surface area contributed by atoms with Crippen molar-refractivity contribution in [1.82, 2.24) is 14.7 Å². The van der Waals surface area contributed by atoms with E-state index < -0.39 is 0 Å². The molecule has 1 aliphatic rings. The second kappa shape index (κ2) is 4.10. The lowest BCUT2D eigenvalue weighted by atomic mass is 10.2. The molecule has 5 nitrogen and oxygen atoms in total. The van der Waals surface area contributed by atoms with Crippen molar-refractivity contribution in [2.45, 2.75) is 24.8 Å². The van der Waals surface area contributed by atoms with Crippen molar-refractivity contribution in [2.24, 2.45) is 0 Å². The SMILES string of the molecule is O=C(Cc1cn2ccccc2n1)NC1(CO)CC1. The number of carbonyl (C=O) groups is 1. The smallest absolute Gasteiger partial charge is 0.226 e. The number of imidazole rings is 1. The molecule has 1 saturated carbocycles. The summed E-state index contributed by atoms with van der Waals surface area (Å²) >= 11 is 0. The molecule has 0 saturated heterocycles. The summed E-state index contributed by atoms with van der Waals surface area (Å²) in [5, 5.41) is 12.0. The van der Waals surface area contributed by atoms with Crippen LogP contribution in [0.1, 0.15) is 18.5 Å². The molecule has 0 aromatic carbocycles. The van der Waals surface area contributed by atoms with E-state index in [9.17, 15) is 4.79 Å². The summed E-state index contributed by atoms with van der Waals surface area (Å²) in [4.78, 5) is 16.2. The predicted octanol–water partition coefficient (Wildman–Crippen LogP) is 0.518. The van der Waals surface area contributed by atoms with E-state index in [1.807, 2.05) is 35.0 Å². The Hall–Kier alpha value is -1.88. The Balaban J connectivity index is 1.70. The molecule has 2 aromatic heterocycles. The molecule has 1 fully saturated rings. The number of carbonyl (C=O) groups excluding carboxylic acids is 1. The highest BCUT2D eigenvalue weighted by atomic mass is 16.3. The van der Waals surface area contributed by atoms with E-state index in [1.165, 1.54) is 0 Å². The number of aliphatic hydroxyl groups excluding tert-OH is 1. The molecule has 5 heteroatoms. The Bertz CT molecular complexity index is 554.